The van der Waals surface area contributed by atoms with E-state index in [9.17, 15) is 14.4 Å². The standard InChI is InChI=1S/C12H17N3O3/c1-7(2)15-11(17)6-14-12(18)9-5-13-8(3)4-10(9)16/h4-5,7H,6H2,1-3H3,(H,13,16)(H,14,18)(H,15,17). The molecule has 0 saturated carbocycles. The van der Waals surface area contributed by atoms with Crippen molar-refractivity contribution in [3.05, 3.63) is 33.7 Å². The summed E-state index contributed by atoms with van der Waals surface area (Å²) in [6.07, 6.45) is 1.34. The summed E-state index contributed by atoms with van der Waals surface area (Å²) in [7, 11) is 0. The van der Waals surface area contributed by atoms with Gasteiger partial charge in [-0.25, -0.2) is 0 Å². The Morgan fingerprint density at radius 2 is 2.06 bits per heavy atom. The summed E-state index contributed by atoms with van der Waals surface area (Å²) in [6, 6.07) is 1.35. The molecule has 1 aromatic heterocycles. The van der Waals surface area contributed by atoms with Gasteiger partial charge in [0.05, 0.1) is 6.54 Å². The van der Waals surface area contributed by atoms with Crippen molar-refractivity contribution in [2.75, 3.05) is 6.54 Å². The molecule has 6 nitrogen and oxygen atoms in total. The second-order valence-corrected chi connectivity index (χ2v) is 4.30. The van der Waals surface area contributed by atoms with Gasteiger partial charge < -0.3 is 15.6 Å². The summed E-state index contributed by atoms with van der Waals surface area (Å²) in [6.45, 7) is 5.22. The third-order valence-corrected chi connectivity index (χ3v) is 2.16. The maximum absolute atomic E-state index is 11.7. The molecule has 0 aliphatic rings. The second-order valence-electron chi connectivity index (χ2n) is 4.30. The fourth-order valence-corrected chi connectivity index (χ4v) is 1.38. The molecule has 3 N–H and O–H groups in total. The van der Waals surface area contributed by atoms with Crippen molar-refractivity contribution in [1.82, 2.24) is 15.6 Å². The minimum atomic E-state index is -0.560. The van der Waals surface area contributed by atoms with Gasteiger partial charge in [0.1, 0.15) is 5.56 Å². The van der Waals surface area contributed by atoms with Gasteiger partial charge in [-0.3, -0.25) is 14.4 Å². The number of rotatable bonds is 4. The van der Waals surface area contributed by atoms with Gasteiger partial charge in [-0.1, -0.05) is 0 Å². The summed E-state index contributed by atoms with van der Waals surface area (Å²) < 4.78 is 0. The van der Waals surface area contributed by atoms with Crippen LogP contribution in [0.15, 0.2) is 17.1 Å². The van der Waals surface area contributed by atoms with Crippen LogP contribution in [0.1, 0.15) is 29.9 Å². The predicted molar refractivity (Wildman–Crippen MR) is 67.4 cm³/mol. The largest absolute Gasteiger partial charge is 0.364 e. The summed E-state index contributed by atoms with van der Waals surface area (Å²) in [5.41, 5.74) is 0.306. The van der Waals surface area contributed by atoms with E-state index in [-0.39, 0.29) is 29.5 Å². The van der Waals surface area contributed by atoms with Crippen LogP contribution in [0.4, 0.5) is 0 Å². The highest BCUT2D eigenvalue weighted by molar-refractivity contribution is 5.96. The number of hydrogen-bond acceptors (Lipinski definition) is 3. The molecule has 98 valence electrons. The Balaban J connectivity index is 2.61. The Morgan fingerprint density at radius 1 is 1.39 bits per heavy atom. The first-order valence-corrected chi connectivity index (χ1v) is 5.67. The van der Waals surface area contributed by atoms with Gasteiger partial charge in [0.25, 0.3) is 5.91 Å². The first-order valence-electron chi connectivity index (χ1n) is 5.67. The fraction of sp³-hybridized carbons (Fsp3) is 0.417. The number of carbonyl (C=O) groups excluding carboxylic acids is 2. The molecule has 0 aromatic carbocycles. The van der Waals surface area contributed by atoms with Gasteiger partial charge in [-0.15, -0.1) is 0 Å². The van der Waals surface area contributed by atoms with E-state index >= 15 is 0 Å². The van der Waals surface area contributed by atoms with E-state index in [0.717, 1.165) is 0 Å². The van der Waals surface area contributed by atoms with Crippen LogP contribution in [0.3, 0.4) is 0 Å². The van der Waals surface area contributed by atoms with Crippen LogP contribution in [-0.2, 0) is 4.79 Å². The highest BCUT2D eigenvalue weighted by atomic mass is 16.2. The van der Waals surface area contributed by atoms with Crippen molar-refractivity contribution in [2.45, 2.75) is 26.8 Å². The molecule has 1 heterocycles. The van der Waals surface area contributed by atoms with E-state index < -0.39 is 5.91 Å². The quantitative estimate of drug-likeness (QED) is 0.700. The van der Waals surface area contributed by atoms with E-state index in [1.165, 1.54) is 12.3 Å². The smallest absolute Gasteiger partial charge is 0.257 e. The Labute approximate surface area is 105 Å². The van der Waals surface area contributed by atoms with E-state index in [1.807, 2.05) is 13.8 Å². The summed E-state index contributed by atoms with van der Waals surface area (Å²) in [5.74, 6) is -0.850. The van der Waals surface area contributed by atoms with Crippen LogP contribution < -0.4 is 16.1 Å². The van der Waals surface area contributed by atoms with Crippen LogP contribution in [0, 0.1) is 6.92 Å². The molecule has 18 heavy (non-hydrogen) atoms. The lowest BCUT2D eigenvalue weighted by atomic mass is 10.2. The minimum Gasteiger partial charge on any atom is -0.364 e. The molecule has 0 atom stereocenters. The van der Waals surface area contributed by atoms with Crippen LogP contribution in [-0.4, -0.2) is 29.4 Å². The molecule has 2 amide bonds. The van der Waals surface area contributed by atoms with Crippen LogP contribution >= 0.6 is 0 Å². The summed E-state index contributed by atoms with van der Waals surface area (Å²) in [4.78, 5) is 37.3. The summed E-state index contributed by atoms with van der Waals surface area (Å²) in [5, 5.41) is 5.03. The Hall–Kier alpha value is -2.11. The average molecular weight is 251 g/mol. The van der Waals surface area contributed by atoms with E-state index in [1.54, 1.807) is 6.92 Å². The molecule has 0 saturated heterocycles. The Morgan fingerprint density at radius 3 is 2.61 bits per heavy atom. The number of aryl methyl sites for hydroxylation is 1. The number of aromatic nitrogens is 1. The van der Waals surface area contributed by atoms with Crippen molar-refractivity contribution in [1.29, 1.82) is 0 Å². The van der Waals surface area contributed by atoms with E-state index in [0.29, 0.717) is 5.69 Å². The highest BCUT2D eigenvalue weighted by Crippen LogP contribution is 1.91. The monoisotopic (exact) mass is 251 g/mol. The number of pyridine rings is 1. The highest BCUT2D eigenvalue weighted by Gasteiger charge is 2.11. The van der Waals surface area contributed by atoms with Crippen molar-refractivity contribution < 1.29 is 9.59 Å². The Bertz CT molecular complexity index is 506. The molecule has 0 spiro atoms. The van der Waals surface area contributed by atoms with E-state index in [2.05, 4.69) is 15.6 Å². The van der Waals surface area contributed by atoms with Gasteiger partial charge in [-0.05, 0) is 20.8 Å². The zero-order valence-electron chi connectivity index (χ0n) is 10.7. The van der Waals surface area contributed by atoms with Crippen LogP contribution in [0.5, 0.6) is 0 Å². The van der Waals surface area contributed by atoms with Crippen molar-refractivity contribution in [2.24, 2.45) is 0 Å². The Kier molecular flexibility index (Phi) is 4.65. The van der Waals surface area contributed by atoms with Gasteiger partial charge in [0.15, 0.2) is 5.43 Å². The lowest BCUT2D eigenvalue weighted by Gasteiger charge is -2.09. The zero-order chi connectivity index (χ0) is 13.7. The summed E-state index contributed by atoms with van der Waals surface area (Å²) >= 11 is 0. The maximum Gasteiger partial charge on any atom is 0.257 e. The van der Waals surface area contributed by atoms with Crippen LogP contribution in [0.25, 0.3) is 0 Å². The molecule has 1 aromatic rings. The first-order chi connectivity index (χ1) is 8.40. The molecule has 1 rings (SSSR count). The third kappa shape index (κ3) is 4.04. The van der Waals surface area contributed by atoms with Crippen LogP contribution in [0.2, 0.25) is 0 Å². The zero-order valence-corrected chi connectivity index (χ0v) is 10.7. The number of hydrogen-bond donors (Lipinski definition) is 3. The minimum absolute atomic E-state index is 0.00190. The lowest BCUT2D eigenvalue weighted by molar-refractivity contribution is -0.120. The van der Waals surface area contributed by atoms with Gasteiger partial charge in [0.2, 0.25) is 5.91 Å². The molecule has 0 unspecified atom stereocenters. The number of amides is 2. The molecule has 0 aliphatic heterocycles. The van der Waals surface area contributed by atoms with Crippen molar-refractivity contribution in [3.8, 4) is 0 Å². The SMILES string of the molecule is Cc1cc(=O)c(C(=O)NCC(=O)NC(C)C)c[nH]1. The van der Waals surface area contributed by atoms with Gasteiger partial charge in [-0.2, -0.15) is 0 Å². The van der Waals surface area contributed by atoms with Crippen molar-refractivity contribution >= 4 is 11.8 Å². The average Bonchev–Trinajstić information content (AvgIpc) is 2.25. The topological polar surface area (TPSA) is 91.1 Å². The third-order valence-electron chi connectivity index (χ3n) is 2.16. The normalized spacial score (nSPS) is 10.2. The molecule has 0 bridgehead atoms. The molecule has 0 fully saturated rings. The molecular formula is C12H17N3O3. The predicted octanol–water partition coefficient (Wildman–Crippen LogP) is -0.0623. The molecule has 0 radical (unpaired) electrons. The second kappa shape index (κ2) is 6.00. The lowest BCUT2D eigenvalue weighted by Crippen LogP contribution is -2.40. The van der Waals surface area contributed by atoms with Crippen molar-refractivity contribution in [3.63, 3.8) is 0 Å². The fourth-order valence-electron chi connectivity index (χ4n) is 1.38. The maximum atomic E-state index is 11.7. The first kappa shape index (κ1) is 14.0. The number of nitrogens with one attached hydrogen (secondary N) is 3. The molecule has 0 aliphatic carbocycles. The molecular weight excluding hydrogens is 234 g/mol. The van der Waals surface area contributed by atoms with Gasteiger partial charge in [0, 0.05) is 24.0 Å². The number of aromatic amines is 1. The number of carbonyl (C=O) groups is 2. The number of H-pyrrole nitrogens is 1. The van der Waals surface area contributed by atoms with E-state index in [4.69, 9.17) is 0 Å². The molecule has 6 heteroatoms. The van der Waals surface area contributed by atoms with Gasteiger partial charge >= 0.3 is 0 Å².